The van der Waals surface area contributed by atoms with Crippen molar-refractivity contribution in [1.82, 2.24) is 19.7 Å². The van der Waals surface area contributed by atoms with Crippen molar-refractivity contribution in [2.24, 2.45) is 0 Å². The van der Waals surface area contributed by atoms with E-state index in [4.69, 9.17) is 15.2 Å². The van der Waals surface area contributed by atoms with Crippen LogP contribution in [0, 0.1) is 11.6 Å². The van der Waals surface area contributed by atoms with E-state index < -0.39 is 23.1 Å². The molecule has 0 radical (unpaired) electrons. The van der Waals surface area contributed by atoms with Gasteiger partial charge in [-0.1, -0.05) is 43.1 Å². The molecule has 11 heteroatoms. The fourth-order valence-electron chi connectivity index (χ4n) is 4.74. The second kappa shape index (κ2) is 9.52. The molecule has 0 fully saturated rings. The number of thiol groups is 1. The fraction of sp³-hybridized carbons (Fsp3) is 0.0714. The van der Waals surface area contributed by atoms with E-state index in [1.165, 1.54) is 42.7 Å². The van der Waals surface area contributed by atoms with Crippen molar-refractivity contribution in [1.29, 1.82) is 0 Å². The summed E-state index contributed by atoms with van der Waals surface area (Å²) in [6.07, 6.45) is 1.32. The van der Waals surface area contributed by atoms with Crippen molar-refractivity contribution >= 4 is 46.3 Å². The Bertz CT molecular complexity index is 1960. The lowest BCUT2D eigenvalue weighted by Gasteiger charge is -2.17. The standard InChI is InChI=1S/C28H20F2N6O2S/c1-14(36-28-23(27(31)32-13-33-28)24(34-36)16-6-3-8-18(12-16)35-39)26-21(15-5-2-7-17(29)11-15)25(37)22-19(30)9-4-10-20(22)38-26/h2-14,35,39H,1H3,(H2,31,32,33). The van der Waals surface area contributed by atoms with E-state index >= 15 is 0 Å². The van der Waals surface area contributed by atoms with Crippen LogP contribution in [0.3, 0.4) is 0 Å². The van der Waals surface area contributed by atoms with Crippen molar-refractivity contribution in [2.45, 2.75) is 13.0 Å². The Morgan fingerprint density at radius 2 is 1.77 bits per heavy atom. The second-order valence-electron chi connectivity index (χ2n) is 8.91. The minimum Gasteiger partial charge on any atom is -0.458 e. The van der Waals surface area contributed by atoms with Crippen LogP contribution in [-0.2, 0) is 0 Å². The zero-order chi connectivity index (χ0) is 27.3. The summed E-state index contributed by atoms with van der Waals surface area (Å²) in [5.74, 6) is -0.917. The Morgan fingerprint density at radius 1 is 1.00 bits per heavy atom. The number of aromatic nitrogens is 4. The van der Waals surface area contributed by atoms with Gasteiger partial charge < -0.3 is 14.9 Å². The Kier molecular flexibility index (Phi) is 5.99. The smallest absolute Gasteiger partial charge is 0.203 e. The molecule has 39 heavy (non-hydrogen) atoms. The van der Waals surface area contributed by atoms with Gasteiger partial charge in [-0.3, -0.25) is 4.79 Å². The fourth-order valence-corrected chi connectivity index (χ4v) is 4.88. The molecule has 0 amide bonds. The van der Waals surface area contributed by atoms with Crippen LogP contribution in [0.1, 0.15) is 18.7 Å². The molecular weight excluding hydrogens is 522 g/mol. The molecule has 3 aromatic carbocycles. The third-order valence-corrected chi connectivity index (χ3v) is 6.80. The van der Waals surface area contributed by atoms with E-state index in [9.17, 15) is 13.6 Å². The molecule has 6 aromatic rings. The molecule has 1 atom stereocenters. The maximum Gasteiger partial charge on any atom is 0.203 e. The third-order valence-electron chi connectivity index (χ3n) is 6.54. The van der Waals surface area contributed by atoms with Crippen molar-refractivity contribution in [3.8, 4) is 22.4 Å². The molecule has 0 saturated carbocycles. The maximum atomic E-state index is 14.8. The van der Waals surface area contributed by atoms with E-state index in [0.29, 0.717) is 16.7 Å². The largest absolute Gasteiger partial charge is 0.458 e. The number of halogens is 2. The number of rotatable bonds is 5. The number of nitrogens with one attached hydrogen (secondary N) is 1. The first-order chi connectivity index (χ1) is 18.9. The van der Waals surface area contributed by atoms with Crippen molar-refractivity contribution < 1.29 is 13.2 Å². The van der Waals surface area contributed by atoms with Crippen LogP contribution in [0.5, 0.6) is 0 Å². The lowest BCUT2D eigenvalue weighted by Crippen LogP contribution is -2.17. The Labute approximate surface area is 225 Å². The van der Waals surface area contributed by atoms with Gasteiger partial charge in [-0.15, -0.1) is 0 Å². The van der Waals surface area contributed by atoms with Crippen LogP contribution in [0.25, 0.3) is 44.4 Å². The van der Waals surface area contributed by atoms with E-state index in [1.807, 2.05) is 24.3 Å². The highest BCUT2D eigenvalue weighted by Crippen LogP contribution is 2.37. The first-order valence-corrected chi connectivity index (χ1v) is 12.3. The number of anilines is 2. The predicted molar refractivity (Wildman–Crippen MR) is 149 cm³/mol. The summed E-state index contributed by atoms with van der Waals surface area (Å²) in [7, 11) is 0. The van der Waals surface area contributed by atoms with Crippen molar-refractivity contribution in [3.63, 3.8) is 0 Å². The predicted octanol–water partition coefficient (Wildman–Crippen LogP) is 5.99. The molecule has 1 unspecified atom stereocenters. The molecule has 0 aliphatic heterocycles. The van der Waals surface area contributed by atoms with Gasteiger partial charge in [-0.05, 0) is 48.9 Å². The van der Waals surface area contributed by atoms with Crippen molar-refractivity contribution in [2.75, 3.05) is 10.5 Å². The summed E-state index contributed by atoms with van der Waals surface area (Å²) in [6, 6.07) is 16.3. The van der Waals surface area contributed by atoms with Crippen LogP contribution < -0.4 is 15.9 Å². The molecular formula is C28H20F2N6O2S. The highest BCUT2D eigenvalue weighted by Gasteiger charge is 2.27. The lowest BCUT2D eigenvalue weighted by atomic mass is 9.99. The Morgan fingerprint density at radius 3 is 2.56 bits per heavy atom. The first kappa shape index (κ1) is 24.6. The van der Waals surface area contributed by atoms with Crippen LogP contribution in [0.2, 0.25) is 0 Å². The summed E-state index contributed by atoms with van der Waals surface area (Å²) in [5, 5.41) is 5.10. The molecule has 0 spiro atoms. The molecule has 6 rings (SSSR count). The SMILES string of the molecule is CC(c1oc2cccc(F)c2c(=O)c1-c1cccc(F)c1)n1nc(-c2cccc(NS)c2)c2c(N)ncnc21. The quantitative estimate of drug-likeness (QED) is 0.229. The van der Waals surface area contributed by atoms with Gasteiger partial charge in [0.2, 0.25) is 5.43 Å². The minimum absolute atomic E-state index is 0.0214. The highest BCUT2D eigenvalue weighted by molar-refractivity contribution is 7.81. The van der Waals surface area contributed by atoms with Gasteiger partial charge >= 0.3 is 0 Å². The van der Waals surface area contributed by atoms with Crippen LogP contribution in [0.4, 0.5) is 20.3 Å². The van der Waals surface area contributed by atoms with Gasteiger partial charge in [-0.25, -0.2) is 23.4 Å². The molecule has 8 nitrogen and oxygen atoms in total. The molecule has 3 aromatic heterocycles. The van der Waals surface area contributed by atoms with Gasteiger partial charge in [0.15, 0.2) is 5.65 Å². The molecule has 3 heterocycles. The molecule has 0 saturated heterocycles. The summed E-state index contributed by atoms with van der Waals surface area (Å²) in [5.41, 5.74) is 8.32. The van der Waals surface area contributed by atoms with Crippen LogP contribution in [0.15, 0.2) is 82.3 Å². The number of hydrogen-bond acceptors (Lipinski definition) is 8. The van der Waals surface area contributed by atoms with E-state index in [1.54, 1.807) is 17.7 Å². The van der Waals surface area contributed by atoms with Crippen LogP contribution >= 0.6 is 12.8 Å². The summed E-state index contributed by atoms with van der Waals surface area (Å²) >= 11 is 4.13. The number of nitrogens with two attached hydrogens (primary N) is 1. The zero-order valence-corrected chi connectivity index (χ0v) is 21.3. The van der Waals surface area contributed by atoms with Crippen LogP contribution in [-0.4, -0.2) is 19.7 Å². The maximum absolute atomic E-state index is 14.8. The van der Waals surface area contributed by atoms with E-state index in [2.05, 4.69) is 27.5 Å². The highest BCUT2D eigenvalue weighted by atomic mass is 32.1. The topological polar surface area (TPSA) is 112 Å². The molecule has 0 aliphatic rings. The third kappa shape index (κ3) is 4.07. The number of nitrogens with zero attached hydrogens (tertiary/aromatic N) is 4. The lowest BCUT2D eigenvalue weighted by molar-refractivity contribution is 0.445. The first-order valence-electron chi connectivity index (χ1n) is 11.9. The number of nitrogen functional groups attached to an aromatic ring is 1. The average molecular weight is 543 g/mol. The molecule has 3 N–H and O–H groups in total. The molecule has 0 aliphatic carbocycles. The molecule has 194 valence electrons. The second-order valence-corrected chi connectivity index (χ2v) is 9.14. The minimum atomic E-state index is -0.750. The average Bonchev–Trinajstić information content (AvgIpc) is 3.33. The number of benzene rings is 3. The van der Waals surface area contributed by atoms with E-state index in [0.717, 1.165) is 11.3 Å². The van der Waals surface area contributed by atoms with Gasteiger partial charge in [-0.2, -0.15) is 5.10 Å². The zero-order valence-electron chi connectivity index (χ0n) is 20.4. The van der Waals surface area contributed by atoms with Gasteiger partial charge in [0.05, 0.1) is 10.9 Å². The van der Waals surface area contributed by atoms with Crippen molar-refractivity contribution in [3.05, 3.63) is 101 Å². The van der Waals surface area contributed by atoms with E-state index in [-0.39, 0.29) is 33.7 Å². The summed E-state index contributed by atoms with van der Waals surface area (Å²) < 4.78 is 39.6. The van der Waals surface area contributed by atoms with Gasteiger partial charge in [0.25, 0.3) is 0 Å². The Balaban J connectivity index is 1.65. The number of fused-ring (bicyclic) bond motifs is 2. The van der Waals surface area contributed by atoms with Gasteiger partial charge in [0, 0.05) is 11.3 Å². The summed E-state index contributed by atoms with van der Waals surface area (Å²) in [4.78, 5) is 22.3. The molecule has 0 bridgehead atoms. The normalized spacial score (nSPS) is 12.2. The Hall–Kier alpha value is -4.77. The van der Waals surface area contributed by atoms with Gasteiger partial charge in [0.1, 0.15) is 52.2 Å². The monoisotopic (exact) mass is 542 g/mol. The summed E-state index contributed by atoms with van der Waals surface area (Å²) in [6.45, 7) is 1.76. The number of hydrogen-bond donors (Lipinski definition) is 3.